The van der Waals surface area contributed by atoms with Gasteiger partial charge >= 0.3 is 0 Å². The van der Waals surface area contributed by atoms with Gasteiger partial charge in [0.25, 0.3) is 0 Å². The Kier molecular flexibility index (Phi) is 6.08. The number of aryl methyl sites for hydroxylation is 1. The lowest BCUT2D eigenvalue weighted by atomic mass is 9.87. The van der Waals surface area contributed by atoms with Crippen molar-refractivity contribution in [3.8, 4) is 0 Å². The molecule has 2 fully saturated rings. The summed E-state index contributed by atoms with van der Waals surface area (Å²) in [4.78, 5) is 6.79. The SMILES string of the molecule is CN=C(NCCn1cc(C)cn1)N1CCC2(CCOC2)C1.I. The predicted molar refractivity (Wildman–Crippen MR) is 97.8 cm³/mol. The fourth-order valence-corrected chi connectivity index (χ4v) is 3.29. The highest BCUT2D eigenvalue weighted by Gasteiger charge is 2.42. The van der Waals surface area contributed by atoms with Gasteiger partial charge in [0.05, 0.1) is 19.3 Å². The minimum absolute atomic E-state index is 0. The van der Waals surface area contributed by atoms with Gasteiger partial charge in [0.2, 0.25) is 0 Å². The smallest absolute Gasteiger partial charge is 0.193 e. The minimum atomic E-state index is 0. The first-order valence-electron chi connectivity index (χ1n) is 7.73. The first-order valence-corrected chi connectivity index (χ1v) is 7.73. The second-order valence-electron chi connectivity index (χ2n) is 6.23. The van der Waals surface area contributed by atoms with E-state index in [1.807, 2.05) is 17.9 Å². The highest BCUT2D eigenvalue weighted by Crippen LogP contribution is 2.38. The molecule has 7 heteroatoms. The molecule has 3 heterocycles. The standard InChI is InChI=1S/C15H25N5O.HI/c1-13-9-18-20(10-13)7-5-17-14(16-2)19-6-3-15(11-19)4-8-21-12-15;/h9-10H,3-8,11-12H2,1-2H3,(H,16,17);1H. The number of hydrogen-bond donors (Lipinski definition) is 1. The molecule has 2 aliphatic heterocycles. The largest absolute Gasteiger partial charge is 0.381 e. The van der Waals surface area contributed by atoms with Crippen LogP contribution in [0.5, 0.6) is 0 Å². The van der Waals surface area contributed by atoms with Crippen molar-refractivity contribution in [2.75, 3.05) is 39.9 Å². The normalized spacial score (nSPS) is 24.8. The molecule has 2 aliphatic rings. The Bertz CT molecular complexity index is 510. The fourth-order valence-electron chi connectivity index (χ4n) is 3.29. The maximum absolute atomic E-state index is 5.59. The summed E-state index contributed by atoms with van der Waals surface area (Å²) >= 11 is 0. The molecule has 1 N–H and O–H groups in total. The molecule has 1 aromatic heterocycles. The summed E-state index contributed by atoms with van der Waals surface area (Å²) in [5, 5.41) is 7.75. The molecule has 1 aromatic rings. The zero-order valence-electron chi connectivity index (χ0n) is 13.4. The van der Waals surface area contributed by atoms with E-state index >= 15 is 0 Å². The highest BCUT2D eigenvalue weighted by molar-refractivity contribution is 14.0. The van der Waals surface area contributed by atoms with E-state index in [1.54, 1.807) is 0 Å². The fraction of sp³-hybridized carbons (Fsp3) is 0.733. The molecule has 0 bridgehead atoms. The van der Waals surface area contributed by atoms with E-state index in [-0.39, 0.29) is 24.0 Å². The third-order valence-electron chi connectivity index (χ3n) is 4.52. The van der Waals surface area contributed by atoms with Crippen LogP contribution in [0.2, 0.25) is 0 Å². The molecule has 22 heavy (non-hydrogen) atoms. The monoisotopic (exact) mass is 419 g/mol. The van der Waals surface area contributed by atoms with Gasteiger partial charge in [-0.3, -0.25) is 9.67 Å². The van der Waals surface area contributed by atoms with Gasteiger partial charge in [-0.25, -0.2) is 0 Å². The molecule has 0 radical (unpaired) electrons. The molecule has 0 aliphatic carbocycles. The number of aliphatic imine (C=N–C) groups is 1. The first-order chi connectivity index (χ1) is 10.2. The van der Waals surface area contributed by atoms with Crippen molar-refractivity contribution in [2.24, 2.45) is 10.4 Å². The van der Waals surface area contributed by atoms with Gasteiger partial charge in [-0.2, -0.15) is 5.10 Å². The average molecular weight is 419 g/mol. The number of nitrogens with one attached hydrogen (secondary N) is 1. The zero-order valence-corrected chi connectivity index (χ0v) is 15.7. The predicted octanol–water partition coefficient (Wildman–Crippen LogP) is 1.50. The van der Waals surface area contributed by atoms with Crippen LogP contribution in [0.25, 0.3) is 0 Å². The molecule has 1 atom stereocenters. The lowest BCUT2D eigenvalue weighted by molar-refractivity contribution is 0.156. The Labute approximate surface area is 149 Å². The third-order valence-corrected chi connectivity index (χ3v) is 4.52. The first kappa shape index (κ1) is 17.5. The Hall–Kier alpha value is -0.830. The molecule has 0 amide bonds. The Morgan fingerprint density at radius 3 is 3.00 bits per heavy atom. The van der Waals surface area contributed by atoms with Gasteiger partial charge < -0.3 is 15.0 Å². The summed E-state index contributed by atoms with van der Waals surface area (Å²) in [6.07, 6.45) is 6.35. The molecule has 1 unspecified atom stereocenters. The Balaban J connectivity index is 0.00000176. The van der Waals surface area contributed by atoms with Crippen LogP contribution in [0.15, 0.2) is 17.4 Å². The van der Waals surface area contributed by atoms with Crippen LogP contribution in [0.1, 0.15) is 18.4 Å². The molecule has 1 spiro atoms. The number of aromatic nitrogens is 2. The van der Waals surface area contributed by atoms with Crippen LogP contribution in [-0.2, 0) is 11.3 Å². The van der Waals surface area contributed by atoms with E-state index in [2.05, 4.69) is 33.4 Å². The molecule has 124 valence electrons. The van der Waals surface area contributed by atoms with Crippen molar-refractivity contribution < 1.29 is 4.74 Å². The number of guanidine groups is 1. The molecular weight excluding hydrogens is 393 g/mol. The number of ether oxygens (including phenoxy) is 1. The lowest BCUT2D eigenvalue weighted by Crippen LogP contribution is -2.42. The summed E-state index contributed by atoms with van der Waals surface area (Å²) in [6.45, 7) is 7.72. The second kappa shape index (κ2) is 7.63. The number of rotatable bonds is 3. The summed E-state index contributed by atoms with van der Waals surface area (Å²) in [5.41, 5.74) is 1.57. The number of hydrogen-bond acceptors (Lipinski definition) is 3. The lowest BCUT2D eigenvalue weighted by Gasteiger charge is -2.24. The van der Waals surface area contributed by atoms with E-state index in [0.29, 0.717) is 5.41 Å². The summed E-state index contributed by atoms with van der Waals surface area (Å²) < 4.78 is 7.55. The van der Waals surface area contributed by atoms with Gasteiger partial charge in [-0.05, 0) is 25.3 Å². The minimum Gasteiger partial charge on any atom is -0.381 e. The van der Waals surface area contributed by atoms with Crippen molar-refractivity contribution in [3.63, 3.8) is 0 Å². The van der Waals surface area contributed by atoms with Crippen molar-refractivity contribution in [1.82, 2.24) is 20.0 Å². The van der Waals surface area contributed by atoms with Gasteiger partial charge in [0.15, 0.2) is 5.96 Å². The van der Waals surface area contributed by atoms with Gasteiger partial charge in [-0.15, -0.1) is 24.0 Å². The molecule has 6 nitrogen and oxygen atoms in total. The molecule has 2 saturated heterocycles. The van der Waals surface area contributed by atoms with Gasteiger partial charge in [0.1, 0.15) is 0 Å². The Morgan fingerprint density at radius 1 is 1.50 bits per heavy atom. The molecule has 3 rings (SSSR count). The van der Waals surface area contributed by atoms with Gasteiger partial charge in [-0.1, -0.05) is 0 Å². The zero-order chi connectivity index (χ0) is 14.7. The van der Waals surface area contributed by atoms with Crippen LogP contribution in [-0.4, -0.2) is 60.5 Å². The van der Waals surface area contributed by atoms with Crippen LogP contribution >= 0.6 is 24.0 Å². The quantitative estimate of drug-likeness (QED) is 0.459. The Morgan fingerprint density at radius 2 is 2.36 bits per heavy atom. The maximum atomic E-state index is 5.59. The van der Waals surface area contributed by atoms with Gasteiger partial charge in [0, 0.05) is 44.9 Å². The highest BCUT2D eigenvalue weighted by atomic mass is 127. The van der Waals surface area contributed by atoms with Crippen molar-refractivity contribution in [1.29, 1.82) is 0 Å². The van der Waals surface area contributed by atoms with Crippen molar-refractivity contribution >= 4 is 29.9 Å². The van der Waals surface area contributed by atoms with Crippen LogP contribution < -0.4 is 5.32 Å². The van der Waals surface area contributed by atoms with E-state index in [4.69, 9.17) is 4.74 Å². The molecule has 0 saturated carbocycles. The summed E-state index contributed by atoms with van der Waals surface area (Å²) in [7, 11) is 1.86. The second-order valence-corrected chi connectivity index (χ2v) is 6.23. The van der Waals surface area contributed by atoms with Crippen LogP contribution in [0.3, 0.4) is 0 Å². The van der Waals surface area contributed by atoms with Crippen molar-refractivity contribution in [3.05, 3.63) is 18.0 Å². The van der Waals surface area contributed by atoms with E-state index in [1.165, 1.54) is 18.4 Å². The molecular formula is C15H26IN5O. The average Bonchev–Trinajstić information content (AvgIpc) is 3.19. The number of halogens is 1. The molecule has 0 aromatic carbocycles. The maximum Gasteiger partial charge on any atom is 0.193 e. The van der Waals surface area contributed by atoms with E-state index in [9.17, 15) is 0 Å². The topological polar surface area (TPSA) is 54.7 Å². The van der Waals surface area contributed by atoms with Crippen LogP contribution in [0.4, 0.5) is 0 Å². The summed E-state index contributed by atoms with van der Waals surface area (Å²) in [6, 6.07) is 0. The van der Waals surface area contributed by atoms with Crippen molar-refractivity contribution in [2.45, 2.75) is 26.3 Å². The van der Waals surface area contributed by atoms with Crippen LogP contribution in [0, 0.1) is 12.3 Å². The van der Waals surface area contributed by atoms with E-state index in [0.717, 1.165) is 45.4 Å². The third kappa shape index (κ3) is 3.92. The number of likely N-dealkylation sites (tertiary alicyclic amines) is 1. The summed E-state index contributed by atoms with van der Waals surface area (Å²) in [5.74, 6) is 1.00. The number of nitrogens with zero attached hydrogens (tertiary/aromatic N) is 4. The van der Waals surface area contributed by atoms with E-state index < -0.39 is 0 Å².